The molecule has 1 heterocycles. The fraction of sp³-hybridized carbons (Fsp3) is 0.450. The predicted octanol–water partition coefficient (Wildman–Crippen LogP) is 1.03. The molecule has 156 valence electrons. The van der Waals surface area contributed by atoms with Crippen molar-refractivity contribution >= 4 is 18.0 Å². The number of hydroxylamine groups is 2. The molecule has 0 saturated carbocycles. The van der Waals surface area contributed by atoms with Crippen LogP contribution in [0.4, 0.5) is 4.79 Å². The number of nitrogens with zero attached hydrogens (tertiary/aromatic N) is 2. The topological polar surface area (TPSA) is 97.4 Å². The number of aryl methyl sites for hydroxylation is 1. The minimum absolute atomic E-state index is 0.0338. The van der Waals surface area contributed by atoms with Crippen LogP contribution >= 0.6 is 0 Å². The van der Waals surface area contributed by atoms with E-state index in [9.17, 15) is 14.4 Å². The van der Waals surface area contributed by atoms with E-state index in [2.05, 4.69) is 11.4 Å². The first-order valence-corrected chi connectivity index (χ1v) is 9.60. The third-order valence-corrected chi connectivity index (χ3v) is 4.69. The summed E-state index contributed by atoms with van der Waals surface area (Å²) in [6.07, 6.45) is 5.01. The average Bonchev–Trinajstić information content (AvgIpc) is 3.20. The lowest BCUT2D eigenvalue weighted by molar-refractivity contribution is -0.175. The summed E-state index contributed by atoms with van der Waals surface area (Å²) in [7, 11) is 1.74. The minimum Gasteiger partial charge on any atom is -0.491 e. The molecule has 1 aromatic rings. The smallest absolute Gasteiger partial charge is 0.356 e. The first kappa shape index (κ1) is 20.7. The maximum atomic E-state index is 12.8. The van der Waals surface area contributed by atoms with Gasteiger partial charge in [-0.2, -0.15) is 0 Å². The summed E-state index contributed by atoms with van der Waals surface area (Å²) in [6.45, 7) is 0.691. The maximum absolute atomic E-state index is 12.8. The summed E-state index contributed by atoms with van der Waals surface area (Å²) in [6, 6.07) is 5.37. The number of hydrogen-bond donors (Lipinski definition) is 1. The summed E-state index contributed by atoms with van der Waals surface area (Å²) in [4.78, 5) is 42.7. The van der Waals surface area contributed by atoms with Gasteiger partial charge in [-0.15, -0.1) is 5.06 Å². The third-order valence-electron chi connectivity index (χ3n) is 4.69. The van der Waals surface area contributed by atoms with Crippen molar-refractivity contribution in [2.75, 3.05) is 40.0 Å². The van der Waals surface area contributed by atoms with E-state index in [1.165, 1.54) is 16.0 Å². The number of cyclic esters (lactones) is 1. The second-order valence-corrected chi connectivity index (χ2v) is 6.68. The van der Waals surface area contributed by atoms with Gasteiger partial charge >= 0.3 is 18.0 Å². The Bertz CT molecular complexity index is 794. The van der Waals surface area contributed by atoms with Gasteiger partial charge in [0.25, 0.3) is 0 Å². The molecule has 3 rings (SSSR count). The highest BCUT2D eigenvalue weighted by atomic mass is 16.7. The van der Waals surface area contributed by atoms with Gasteiger partial charge in [0.1, 0.15) is 12.4 Å². The molecule has 0 radical (unpaired) electrons. The van der Waals surface area contributed by atoms with Crippen molar-refractivity contribution in [2.24, 2.45) is 0 Å². The molecule has 9 heteroatoms. The average molecular weight is 403 g/mol. The molecule has 1 aliphatic heterocycles. The molecule has 0 saturated heterocycles. The summed E-state index contributed by atoms with van der Waals surface area (Å²) < 4.78 is 10.9. The molecule has 29 heavy (non-hydrogen) atoms. The van der Waals surface area contributed by atoms with Crippen LogP contribution in [0.25, 0.3) is 0 Å². The van der Waals surface area contributed by atoms with Crippen molar-refractivity contribution in [1.29, 1.82) is 0 Å². The Morgan fingerprint density at radius 3 is 2.76 bits per heavy atom. The number of likely N-dealkylation sites (N-methyl/N-ethyl adjacent to an activating group) is 1. The second-order valence-electron chi connectivity index (χ2n) is 6.68. The van der Waals surface area contributed by atoms with Gasteiger partial charge in [0.2, 0.25) is 0 Å². The Morgan fingerprint density at radius 1 is 1.10 bits per heavy atom. The van der Waals surface area contributed by atoms with E-state index in [1.807, 2.05) is 12.1 Å². The first-order chi connectivity index (χ1) is 14.1. The summed E-state index contributed by atoms with van der Waals surface area (Å²) in [5.74, 6) is -0.772. The third kappa shape index (κ3) is 5.47. The number of amides is 2. The minimum atomic E-state index is -0.841. The van der Waals surface area contributed by atoms with Crippen LogP contribution in [0.15, 0.2) is 30.4 Å². The van der Waals surface area contributed by atoms with Crippen LogP contribution < -0.4 is 10.1 Å². The van der Waals surface area contributed by atoms with Crippen molar-refractivity contribution in [3.8, 4) is 5.75 Å². The number of carbonyl (C=O) groups excluding carboxylic acids is 3. The number of hydrogen-bond acceptors (Lipinski definition) is 7. The number of rotatable bonds is 7. The lowest BCUT2D eigenvalue weighted by atomic mass is 10.1. The summed E-state index contributed by atoms with van der Waals surface area (Å²) >= 11 is 0. The van der Waals surface area contributed by atoms with E-state index >= 15 is 0 Å². The molecule has 9 nitrogen and oxygen atoms in total. The van der Waals surface area contributed by atoms with Gasteiger partial charge in [0.15, 0.2) is 6.73 Å². The molecular formula is C20H25N3O6. The SMILES string of the molecule is CNCCN1COC(=O)/C=C/C(=O)ON(CCOc2cccc3c2CCC3)C1=O. The zero-order valence-corrected chi connectivity index (χ0v) is 16.4. The molecule has 0 spiro atoms. The van der Waals surface area contributed by atoms with E-state index in [0.29, 0.717) is 6.54 Å². The zero-order valence-electron chi connectivity index (χ0n) is 16.4. The van der Waals surface area contributed by atoms with Gasteiger partial charge in [0.05, 0.1) is 6.54 Å². The lowest BCUT2D eigenvalue weighted by Gasteiger charge is -2.29. The Kier molecular flexibility index (Phi) is 7.07. The second kappa shape index (κ2) is 9.92. The van der Waals surface area contributed by atoms with Crippen LogP contribution in [-0.4, -0.2) is 68.0 Å². The largest absolute Gasteiger partial charge is 0.491 e. The van der Waals surface area contributed by atoms with Gasteiger partial charge in [-0.1, -0.05) is 12.1 Å². The van der Waals surface area contributed by atoms with Crippen molar-refractivity contribution in [3.63, 3.8) is 0 Å². The quantitative estimate of drug-likeness (QED) is 0.679. The number of ether oxygens (including phenoxy) is 2. The van der Waals surface area contributed by atoms with Gasteiger partial charge in [-0.25, -0.2) is 14.4 Å². The molecule has 1 aliphatic carbocycles. The Balaban J connectivity index is 1.67. The molecule has 0 atom stereocenters. The van der Waals surface area contributed by atoms with Crippen LogP contribution in [0.3, 0.4) is 0 Å². The number of benzene rings is 1. The highest BCUT2D eigenvalue weighted by Gasteiger charge is 2.26. The van der Waals surface area contributed by atoms with Crippen LogP contribution in [0.2, 0.25) is 0 Å². The monoisotopic (exact) mass is 403 g/mol. The maximum Gasteiger partial charge on any atom is 0.356 e. The van der Waals surface area contributed by atoms with Gasteiger partial charge in [-0.3, -0.25) is 4.90 Å². The number of carbonyl (C=O) groups is 3. The summed E-state index contributed by atoms with van der Waals surface area (Å²) in [5, 5.41) is 3.86. The molecule has 2 aliphatic rings. The van der Waals surface area contributed by atoms with Crippen molar-refractivity contribution < 1.29 is 28.7 Å². The Labute approximate surface area is 169 Å². The number of nitrogens with one attached hydrogen (secondary N) is 1. The highest BCUT2D eigenvalue weighted by molar-refractivity contribution is 5.92. The fourth-order valence-electron chi connectivity index (χ4n) is 3.22. The van der Waals surface area contributed by atoms with Crippen molar-refractivity contribution in [1.82, 2.24) is 15.3 Å². The Hall–Kier alpha value is -3.07. The molecule has 2 amide bonds. The zero-order chi connectivity index (χ0) is 20.6. The van der Waals surface area contributed by atoms with E-state index in [1.54, 1.807) is 7.05 Å². The molecule has 0 fully saturated rings. The molecule has 0 bridgehead atoms. The van der Waals surface area contributed by atoms with Crippen molar-refractivity contribution in [2.45, 2.75) is 19.3 Å². The van der Waals surface area contributed by atoms with Crippen LogP contribution in [0.1, 0.15) is 17.5 Å². The predicted molar refractivity (Wildman–Crippen MR) is 103 cm³/mol. The molecule has 1 aromatic carbocycles. The lowest BCUT2D eigenvalue weighted by Crippen LogP contribution is -2.48. The van der Waals surface area contributed by atoms with E-state index in [-0.39, 0.29) is 26.4 Å². The van der Waals surface area contributed by atoms with Crippen molar-refractivity contribution in [3.05, 3.63) is 41.5 Å². The normalized spacial score (nSPS) is 18.2. The summed E-state index contributed by atoms with van der Waals surface area (Å²) in [5.41, 5.74) is 2.48. The standard InChI is InChI=1S/C20H25N3O6/c1-21-10-11-22-14-28-18(24)8-9-19(25)29-23(20(22)26)12-13-27-17-7-3-5-15-4-2-6-16(15)17/h3,5,7-9,21H,2,4,6,10-14H2,1H3/b9-8+. The van der Waals surface area contributed by atoms with Gasteiger partial charge in [0, 0.05) is 25.2 Å². The van der Waals surface area contributed by atoms with Crippen LogP contribution in [-0.2, 0) is 32.0 Å². The molecular weight excluding hydrogens is 378 g/mol. The van der Waals surface area contributed by atoms with Gasteiger partial charge < -0.3 is 19.6 Å². The molecule has 0 unspecified atom stereocenters. The van der Waals surface area contributed by atoms with E-state index < -0.39 is 18.0 Å². The van der Waals surface area contributed by atoms with E-state index in [4.69, 9.17) is 14.3 Å². The molecule has 0 aromatic heterocycles. The number of urea groups is 1. The molecule has 1 N–H and O–H groups in total. The first-order valence-electron chi connectivity index (χ1n) is 9.60. The van der Waals surface area contributed by atoms with Crippen LogP contribution in [0, 0.1) is 0 Å². The fourth-order valence-corrected chi connectivity index (χ4v) is 3.22. The van der Waals surface area contributed by atoms with E-state index in [0.717, 1.165) is 42.2 Å². The van der Waals surface area contributed by atoms with Crippen LogP contribution in [0.5, 0.6) is 5.75 Å². The highest BCUT2D eigenvalue weighted by Crippen LogP contribution is 2.30. The number of fused-ring (bicyclic) bond motifs is 1. The number of esters is 1. The Morgan fingerprint density at radius 2 is 1.93 bits per heavy atom. The van der Waals surface area contributed by atoms with Gasteiger partial charge in [-0.05, 0) is 43.5 Å².